The maximum absolute atomic E-state index is 13.8. The molecule has 1 nitrogen and oxygen atoms in total. The fourth-order valence-electron chi connectivity index (χ4n) is 2.51. The average molecular weight is 300 g/mol. The second-order valence-corrected chi connectivity index (χ2v) is 5.98. The third kappa shape index (κ3) is 3.08. The first-order chi connectivity index (χ1) is 8.08. The van der Waals surface area contributed by atoms with Gasteiger partial charge in [0.25, 0.3) is 0 Å². The van der Waals surface area contributed by atoms with E-state index in [1.54, 1.807) is 6.07 Å². The van der Waals surface area contributed by atoms with Crippen molar-refractivity contribution >= 4 is 15.9 Å². The molecule has 0 amide bonds. The maximum atomic E-state index is 13.8. The molecule has 0 bridgehead atoms. The monoisotopic (exact) mass is 299 g/mol. The van der Waals surface area contributed by atoms with Crippen molar-refractivity contribution in [3.8, 4) is 0 Å². The van der Waals surface area contributed by atoms with Crippen molar-refractivity contribution in [2.24, 2.45) is 5.92 Å². The highest BCUT2D eigenvalue weighted by molar-refractivity contribution is 9.10. The molecule has 0 N–H and O–H groups in total. The lowest BCUT2D eigenvalue weighted by molar-refractivity contribution is 0.105. The van der Waals surface area contributed by atoms with E-state index in [1.807, 2.05) is 12.1 Å². The van der Waals surface area contributed by atoms with Gasteiger partial charge >= 0.3 is 0 Å². The van der Waals surface area contributed by atoms with Gasteiger partial charge in [-0.25, -0.2) is 4.39 Å². The lowest BCUT2D eigenvalue weighted by Crippen LogP contribution is -2.41. The molecule has 1 aromatic rings. The van der Waals surface area contributed by atoms with Gasteiger partial charge in [-0.1, -0.05) is 28.9 Å². The molecule has 1 fully saturated rings. The molecular formula is C14H19BrFN. The van der Waals surface area contributed by atoms with Crippen LogP contribution >= 0.6 is 15.9 Å². The second-order valence-electron chi connectivity index (χ2n) is 5.07. The number of benzene rings is 1. The van der Waals surface area contributed by atoms with Gasteiger partial charge in [0.1, 0.15) is 5.82 Å². The van der Waals surface area contributed by atoms with E-state index in [4.69, 9.17) is 0 Å². The van der Waals surface area contributed by atoms with Crippen molar-refractivity contribution < 1.29 is 4.39 Å². The third-order valence-corrected chi connectivity index (χ3v) is 4.39. The van der Waals surface area contributed by atoms with E-state index in [-0.39, 0.29) is 5.82 Å². The van der Waals surface area contributed by atoms with Crippen LogP contribution in [0.2, 0.25) is 0 Å². The number of hydrogen-bond acceptors (Lipinski definition) is 1. The zero-order valence-corrected chi connectivity index (χ0v) is 12.0. The topological polar surface area (TPSA) is 3.24 Å². The Morgan fingerprint density at radius 1 is 1.41 bits per heavy atom. The molecule has 0 aliphatic carbocycles. The smallest absolute Gasteiger partial charge is 0.128 e. The minimum absolute atomic E-state index is 0.107. The molecule has 2 unspecified atom stereocenters. The van der Waals surface area contributed by atoms with E-state index in [2.05, 4.69) is 34.7 Å². The van der Waals surface area contributed by atoms with Crippen molar-refractivity contribution in [3.63, 3.8) is 0 Å². The Bertz CT molecular complexity index is 394. The standard InChI is InChI=1S/C14H19BrFN/c1-10-4-3-7-17(11(10)2)9-12-5-6-13(15)8-14(12)16/h5-6,8,10-11H,3-4,7,9H2,1-2H3. The molecule has 1 aliphatic rings. The van der Waals surface area contributed by atoms with Crippen LogP contribution in [0.25, 0.3) is 0 Å². The van der Waals surface area contributed by atoms with E-state index >= 15 is 0 Å². The van der Waals surface area contributed by atoms with Crippen molar-refractivity contribution in [3.05, 3.63) is 34.1 Å². The van der Waals surface area contributed by atoms with Gasteiger partial charge < -0.3 is 0 Å². The molecular weight excluding hydrogens is 281 g/mol. The Hall–Kier alpha value is -0.410. The largest absolute Gasteiger partial charge is 0.296 e. The second kappa shape index (κ2) is 5.49. The predicted molar refractivity (Wildman–Crippen MR) is 72.4 cm³/mol. The van der Waals surface area contributed by atoms with Gasteiger partial charge in [0.15, 0.2) is 0 Å². The van der Waals surface area contributed by atoms with E-state index in [9.17, 15) is 4.39 Å². The predicted octanol–water partition coefficient (Wildman–Crippen LogP) is 4.21. The van der Waals surface area contributed by atoms with Crippen LogP contribution in [0.1, 0.15) is 32.3 Å². The minimum atomic E-state index is -0.107. The average Bonchev–Trinajstić information content (AvgIpc) is 2.28. The normalized spacial score (nSPS) is 26.1. The van der Waals surface area contributed by atoms with Crippen molar-refractivity contribution in [1.82, 2.24) is 4.90 Å². The Labute approximate surface area is 111 Å². The molecule has 2 atom stereocenters. The summed E-state index contributed by atoms with van der Waals surface area (Å²) in [4.78, 5) is 2.39. The fraction of sp³-hybridized carbons (Fsp3) is 0.571. The SMILES string of the molecule is CC1CCCN(Cc2ccc(Br)cc2F)C1C. The molecule has 3 heteroatoms. The molecule has 1 aliphatic heterocycles. The number of hydrogen-bond donors (Lipinski definition) is 0. The summed E-state index contributed by atoms with van der Waals surface area (Å²) in [5, 5.41) is 0. The van der Waals surface area contributed by atoms with Crippen LogP contribution < -0.4 is 0 Å². The summed E-state index contributed by atoms with van der Waals surface area (Å²) >= 11 is 3.29. The molecule has 94 valence electrons. The number of rotatable bonds is 2. The molecule has 2 rings (SSSR count). The van der Waals surface area contributed by atoms with Crippen molar-refractivity contribution in [2.45, 2.75) is 39.3 Å². The molecule has 1 heterocycles. The van der Waals surface area contributed by atoms with E-state index in [0.29, 0.717) is 12.0 Å². The summed E-state index contributed by atoms with van der Waals surface area (Å²) in [5.74, 6) is 0.604. The van der Waals surface area contributed by atoms with Gasteiger partial charge in [0.05, 0.1) is 0 Å². The third-order valence-electron chi connectivity index (χ3n) is 3.89. The van der Waals surface area contributed by atoms with Crippen LogP contribution in [-0.4, -0.2) is 17.5 Å². The first kappa shape index (κ1) is 13.0. The first-order valence-electron chi connectivity index (χ1n) is 6.26. The van der Waals surface area contributed by atoms with Crippen LogP contribution in [0.15, 0.2) is 22.7 Å². The zero-order valence-electron chi connectivity index (χ0n) is 10.4. The van der Waals surface area contributed by atoms with Crippen LogP contribution in [0, 0.1) is 11.7 Å². The van der Waals surface area contributed by atoms with Gasteiger partial charge in [0, 0.05) is 22.6 Å². The summed E-state index contributed by atoms with van der Waals surface area (Å²) in [6.07, 6.45) is 2.52. The maximum Gasteiger partial charge on any atom is 0.128 e. The van der Waals surface area contributed by atoms with E-state index in [0.717, 1.165) is 23.1 Å². The van der Waals surface area contributed by atoms with Gasteiger partial charge in [0.2, 0.25) is 0 Å². The summed E-state index contributed by atoms with van der Waals surface area (Å²) in [5.41, 5.74) is 0.800. The van der Waals surface area contributed by atoms with Gasteiger partial charge in [-0.15, -0.1) is 0 Å². The number of nitrogens with zero attached hydrogens (tertiary/aromatic N) is 1. The van der Waals surface area contributed by atoms with Crippen LogP contribution in [0.4, 0.5) is 4.39 Å². The Morgan fingerprint density at radius 2 is 2.18 bits per heavy atom. The highest BCUT2D eigenvalue weighted by atomic mass is 79.9. The fourth-order valence-corrected chi connectivity index (χ4v) is 2.85. The molecule has 0 radical (unpaired) electrons. The molecule has 1 aromatic carbocycles. The van der Waals surface area contributed by atoms with Crippen LogP contribution in [-0.2, 0) is 6.54 Å². The summed E-state index contributed by atoms with van der Waals surface area (Å²) < 4.78 is 14.6. The Morgan fingerprint density at radius 3 is 2.88 bits per heavy atom. The highest BCUT2D eigenvalue weighted by Gasteiger charge is 2.25. The Kier molecular flexibility index (Phi) is 4.21. The van der Waals surface area contributed by atoms with Gasteiger partial charge in [-0.3, -0.25) is 4.90 Å². The van der Waals surface area contributed by atoms with Gasteiger partial charge in [-0.2, -0.15) is 0 Å². The molecule has 17 heavy (non-hydrogen) atoms. The van der Waals surface area contributed by atoms with E-state index < -0.39 is 0 Å². The lowest BCUT2D eigenvalue weighted by Gasteiger charge is -2.38. The lowest BCUT2D eigenvalue weighted by atomic mass is 9.91. The molecule has 0 spiro atoms. The molecule has 0 aromatic heterocycles. The van der Waals surface area contributed by atoms with Gasteiger partial charge in [-0.05, 0) is 44.4 Å². The summed E-state index contributed by atoms with van der Waals surface area (Å²) in [7, 11) is 0. The van der Waals surface area contributed by atoms with Crippen LogP contribution in [0.5, 0.6) is 0 Å². The number of halogens is 2. The zero-order chi connectivity index (χ0) is 12.4. The first-order valence-corrected chi connectivity index (χ1v) is 7.05. The summed E-state index contributed by atoms with van der Waals surface area (Å²) in [6.45, 7) is 6.35. The summed E-state index contributed by atoms with van der Waals surface area (Å²) in [6, 6.07) is 5.89. The van der Waals surface area contributed by atoms with Crippen molar-refractivity contribution in [2.75, 3.05) is 6.54 Å². The molecule has 1 saturated heterocycles. The quantitative estimate of drug-likeness (QED) is 0.791. The Balaban J connectivity index is 2.09. The molecule has 0 saturated carbocycles. The highest BCUT2D eigenvalue weighted by Crippen LogP contribution is 2.25. The number of piperidine rings is 1. The van der Waals surface area contributed by atoms with E-state index in [1.165, 1.54) is 12.8 Å². The van der Waals surface area contributed by atoms with Crippen LogP contribution in [0.3, 0.4) is 0 Å². The minimum Gasteiger partial charge on any atom is -0.296 e. The van der Waals surface area contributed by atoms with Crippen molar-refractivity contribution in [1.29, 1.82) is 0 Å². The number of likely N-dealkylation sites (tertiary alicyclic amines) is 1.